The van der Waals surface area contributed by atoms with Crippen molar-refractivity contribution in [1.82, 2.24) is 0 Å². The van der Waals surface area contributed by atoms with E-state index in [9.17, 15) is 22.4 Å². The van der Waals surface area contributed by atoms with Crippen LogP contribution in [0.15, 0.2) is 34.7 Å². The fourth-order valence-corrected chi connectivity index (χ4v) is 1.45. The van der Waals surface area contributed by atoms with Crippen molar-refractivity contribution in [3.8, 4) is 17.1 Å². The molecule has 19 heavy (non-hydrogen) atoms. The first-order chi connectivity index (χ1) is 8.89. The minimum atomic E-state index is -4.89. The summed E-state index contributed by atoms with van der Waals surface area (Å²) in [5.74, 6) is -1.59. The smallest absolute Gasteiger partial charge is 0.453 e. The van der Waals surface area contributed by atoms with Crippen molar-refractivity contribution < 1.29 is 31.5 Å². The molecule has 7 heteroatoms. The third-order valence-corrected chi connectivity index (χ3v) is 2.18. The first kappa shape index (κ1) is 13.1. The zero-order valence-electron chi connectivity index (χ0n) is 9.20. The van der Waals surface area contributed by atoms with Gasteiger partial charge in [0.2, 0.25) is 0 Å². The Balaban J connectivity index is 2.31. The Bertz CT molecular complexity index is 601. The molecule has 0 radical (unpaired) electrons. The van der Waals surface area contributed by atoms with Crippen molar-refractivity contribution in [2.75, 3.05) is 0 Å². The minimum absolute atomic E-state index is 0.00924. The van der Waals surface area contributed by atoms with Gasteiger partial charge < -0.3 is 9.15 Å². The maximum Gasteiger partial charge on any atom is 0.573 e. The summed E-state index contributed by atoms with van der Waals surface area (Å²) in [6.45, 7) is 0. The molecule has 100 valence electrons. The van der Waals surface area contributed by atoms with Gasteiger partial charge in [0.1, 0.15) is 17.3 Å². The van der Waals surface area contributed by atoms with E-state index in [-0.39, 0.29) is 17.1 Å². The molecule has 0 fully saturated rings. The van der Waals surface area contributed by atoms with Crippen LogP contribution in [-0.4, -0.2) is 12.6 Å². The summed E-state index contributed by atoms with van der Waals surface area (Å²) in [7, 11) is 0. The van der Waals surface area contributed by atoms with Crippen LogP contribution in [0.25, 0.3) is 11.3 Å². The van der Waals surface area contributed by atoms with Crippen molar-refractivity contribution in [2.24, 2.45) is 0 Å². The molecule has 2 aromatic rings. The second-order valence-electron chi connectivity index (χ2n) is 3.51. The van der Waals surface area contributed by atoms with Crippen LogP contribution in [0.1, 0.15) is 10.6 Å². The van der Waals surface area contributed by atoms with Crippen LogP contribution in [0, 0.1) is 5.82 Å². The standard InChI is InChI=1S/C12H6F4O3/c13-10-5-7(19-12(14,15)16)1-3-9(10)11-4-2-8(6-17)18-11/h1-6H. The number of furan rings is 1. The molecular formula is C12H6F4O3. The van der Waals surface area contributed by atoms with Crippen LogP contribution in [0.5, 0.6) is 5.75 Å². The lowest BCUT2D eigenvalue weighted by Gasteiger charge is -2.09. The lowest BCUT2D eigenvalue weighted by Crippen LogP contribution is -2.17. The van der Waals surface area contributed by atoms with Crippen molar-refractivity contribution in [2.45, 2.75) is 6.36 Å². The molecule has 0 saturated carbocycles. The second-order valence-corrected chi connectivity index (χ2v) is 3.51. The van der Waals surface area contributed by atoms with Crippen molar-refractivity contribution in [3.63, 3.8) is 0 Å². The highest BCUT2D eigenvalue weighted by atomic mass is 19.4. The SMILES string of the molecule is O=Cc1ccc(-c2ccc(OC(F)(F)F)cc2F)o1. The van der Waals surface area contributed by atoms with Gasteiger partial charge in [-0.25, -0.2) is 4.39 Å². The van der Waals surface area contributed by atoms with E-state index >= 15 is 0 Å². The Morgan fingerprint density at radius 3 is 2.42 bits per heavy atom. The molecule has 0 atom stereocenters. The lowest BCUT2D eigenvalue weighted by atomic mass is 10.1. The molecule has 0 bridgehead atoms. The quantitative estimate of drug-likeness (QED) is 0.631. The summed E-state index contributed by atoms with van der Waals surface area (Å²) >= 11 is 0. The van der Waals surface area contributed by atoms with Crippen LogP contribution in [0.2, 0.25) is 0 Å². The summed E-state index contributed by atoms with van der Waals surface area (Å²) in [4.78, 5) is 10.4. The monoisotopic (exact) mass is 274 g/mol. The van der Waals surface area contributed by atoms with Gasteiger partial charge in [-0.3, -0.25) is 4.79 Å². The highest BCUT2D eigenvalue weighted by Crippen LogP contribution is 2.30. The zero-order valence-corrected chi connectivity index (χ0v) is 9.20. The van der Waals surface area contributed by atoms with E-state index in [0.29, 0.717) is 12.4 Å². The van der Waals surface area contributed by atoms with Gasteiger partial charge in [0.25, 0.3) is 0 Å². The molecular weight excluding hydrogens is 268 g/mol. The average Bonchev–Trinajstić information content (AvgIpc) is 2.75. The summed E-state index contributed by atoms with van der Waals surface area (Å²) < 4.78 is 58.0. The van der Waals surface area contributed by atoms with Crippen molar-refractivity contribution >= 4 is 6.29 Å². The molecule has 1 aromatic heterocycles. The van der Waals surface area contributed by atoms with Gasteiger partial charge in [0.05, 0.1) is 5.56 Å². The highest BCUT2D eigenvalue weighted by Gasteiger charge is 2.31. The van der Waals surface area contributed by atoms with Crippen LogP contribution in [-0.2, 0) is 0 Å². The topological polar surface area (TPSA) is 39.4 Å². The first-order valence-corrected chi connectivity index (χ1v) is 5.00. The van der Waals surface area contributed by atoms with Crippen LogP contribution in [0.4, 0.5) is 17.6 Å². The maximum absolute atomic E-state index is 13.6. The summed E-state index contributed by atoms with van der Waals surface area (Å²) in [5.41, 5.74) is -0.0670. The normalized spacial score (nSPS) is 11.4. The number of benzene rings is 1. The lowest BCUT2D eigenvalue weighted by molar-refractivity contribution is -0.274. The van der Waals surface area contributed by atoms with Crippen molar-refractivity contribution in [3.05, 3.63) is 41.9 Å². The number of carbonyl (C=O) groups excluding carboxylic acids is 1. The maximum atomic E-state index is 13.6. The fourth-order valence-electron chi connectivity index (χ4n) is 1.45. The highest BCUT2D eigenvalue weighted by molar-refractivity contribution is 5.73. The van der Waals surface area contributed by atoms with Gasteiger partial charge in [0, 0.05) is 6.07 Å². The predicted octanol–water partition coefficient (Wildman–Crippen LogP) is 3.80. The van der Waals surface area contributed by atoms with Crippen molar-refractivity contribution in [1.29, 1.82) is 0 Å². The minimum Gasteiger partial charge on any atom is -0.453 e. The number of halogens is 4. The second kappa shape index (κ2) is 4.75. The van der Waals surface area contributed by atoms with E-state index in [1.165, 1.54) is 12.1 Å². The Morgan fingerprint density at radius 2 is 1.89 bits per heavy atom. The van der Waals surface area contributed by atoms with Gasteiger partial charge >= 0.3 is 6.36 Å². The number of ether oxygens (including phenoxy) is 1. The first-order valence-electron chi connectivity index (χ1n) is 5.00. The summed E-state index contributed by atoms with van der Waals surface area (Å²) in [5, 5.41) is 0. The molecule has 0 aliphatic heterocycles. The number of carbonyl (C=O) groups is 1. The van der Waals surface area contributed by atoms with E-state index < -0.39 is 17.9 Å². The summed E-state index contributed by atoms with van der Waals surface area (Å²) in [6.07, 6.45) is -4.45. The fraction of sp³-hybridized carbons (Fsp3) is 0.0833. The van der Waals surface area contributed by atoms with E-state index in [1.54, 1.807) is 0 Å². The molecule has 0 amide bonds. The molecule has 1 heterocycles. The molecule has 0 spiro atoms. The van der Waals surface area contributed by atoms with E-state index in [2.05, 4.69) is 4.74 Å². The summed E-state index contributed by atoms with van der Waals surface area (Å²) in [6, 6.07) is 5.28. The van der Waals surface area contributed by atoms with Gasteiger partial charge in [-0.1, -0.05) is 0 Å². The van der Waals surface area contributed by atoms with Crippen LogP contribution >= 0.6 is 0 Å². The molecule has 3 nitrogen and oxygen atoms in total. The number of rotatable bonds is 3. The zero-order chi connectivity index (χ0) is 14.0. The Hall–Kier alpha value is -2.31. The number of aldehydes is 1. The van der Waals surface area contributed by atoms with Gasteiger partial charge in [-0.05, 0) is 24.3 Å². The van der Waals surface area contributed by atoms with Gasteiger partial charge in [-0.15, -0.1) is 13.2 Å². The third-order valence-electron chi connectivity index (χ3n) is 2.18. The molecule has 2 rings (SSSR count). The molecule has 0 unspecified atom stereocenters. The Kier molecular flexibility index (Phi) is 3.28. The number of hydrogen-bond donors (Lipinski definition) is 0. The Labute approximate surface area is 104 Å². The van der Waals surface area contributed by atoms with Gasteiger partial charge in [0.15, 0.2) is 12.0 Å². The van der Waals surface area contributed by atoms with Gasteiger partial charge in [-0.2, -0.15) is 0 Å². The number of hydrogen-bond acceptors (Lipinski definition) is 3. The van der Waals surface area contributed by atoms with E-state index in [0.717, 1.165) is 12.1 Å². The molecule has 0 aliphatic carbocycles. The molecule has 0 aliphatic rings. The third kappa shape index (κ3) is 3.12. The molecule has 1 aromatic carbocycles. The van der Waals surface area contributed by atoms with E-state index in [4.69, 9.17) is 4.42 Å². The Morgan fingerprint density at radius 1 is 1.16 bits per heavy atom. The van der Waals surface area contributed by atoms with E-state index in [1.807, 2.05) is 0 Å². The number of alkyl halides is 3. The van der Waals surface area contributed by atoms with Crippen LogP contribution in [0.3, 0.4) is 0 Å². The van der Waals surface area contributed by atoms with Crippen LogP contribution < -0.4 is 4.74 Å². The average molecular weight is 274 g/mol. The predicted molar refractivity (Wildman–Crippen MR) is 56.2 cm³/mol. The molecule has 0 saturated heterocycles. The largest absolute Gasteiger partial charge is 0.573 e. The molecule has 0 N–H and O–H groups in total.